The Morgan fingerprint density at radius 1 is 1.00 bits per heavy atom. The summed E-state index contributed by atoms with van der Waals surface area (Å²) in [6.45, 7) is 1.43. The quantitative estimate of drug-likeness (QED) is 0.845. The number of sulfonamides is 1. The van der Waals surface area contributed by atoms with Crippen LogP contribution < -0.4 is 10.0 Å². The van der Waals surface area contributed by atoms with Crippen LogP contribution in [0.15, 0.2) is 53.4 Å². The third kappa shape index (κ3) is 4.45. The Morgan fingerprint density at radius 3 is 2.13 bits per heavy atom. The molecule has 2 aromatic rings. The van der Waals surface area contributed by atoms with Gasteiger partial charge < -0.3 is 5.32 Å². The number of hydrogen-bond acceptors (Lipinski definition) is 3. The highest BCUT2D eigenvalue weighted by molar-refractivity contribution is 7.89. The number of carbonyl (C=O) groups excluding carboxylic acids is 1. The molecule has 0 radical (unpaired) electrons. The summed E-state index contributed by atoms with van der Waals surface area (Å²) in [5.41, 5.74) is 0.242. The smallest absolute Gasteiger partial charge is 0.242 e. The van der Waals surface area contributed by atoms with Gasteiger partial charge in [0, 0.05) is 0 Å². The summed E-state index contributed by atoms with van der Waals surface area (Å²) >= 11 is 11.9. The van der Waals surface area contributed by atoms with Gasteiger partial charge in [-0.2, -0.15) is 4.72 Å². The van der Waals surface area contributed by atoms with Crippen molar-refractivity contribution in [2.75, 3.05) is 5.32 Å². The Kier molecular flexibility index (Phi) is 5.64. The molecule has 5 nitrogen and oxygen atoms in total. The lowest BCUT2D eigenvalue weighted by atomic mass is 10.3. The molecule has 8 heteroatoms. The molecule has 2 aromatic carbocycles. The van der Waals surface area contributed by atoms with Crippen molar-refractivity contribution in [2.24, 2.45) is 0 Å². The second-order valence-corrected chi connectivity index (χ2v) is 7.27. The maximum atomic E-state index is 12.2. The molecule has 122 valence electrons. The minimum atomic E-state index is -3.79. The summed E-state index contributed by atoms with van der Waals surface area (Å²) in [6.07, 6.45) is 0. The first-order valence-electron chi connectivity index (χ1n) is 6.63. The standard InChI is InChI=1S/C15H14Cl2N2O3S/c1-10(19-23(21,22)11-6-3-2-4-7-11)15(20)18-14-12(16)8-5-9-13(14)17/h2-10,19H,1H3,(H,18,20). The van der Waals surface area contributed by atoms with Gasteiger partial charge in [-0.1, -0.05) is 47.5 Å². The number of benzene rings is 2. The topological polar surface area (TPSA) is 75.3 Å². The molecular weight excluding hydrogens is 359 g/mol. The molecule has 2 rings (SSSR count). The molecule has 1 amide bonds. The number of amides is 1. The molecule has 0 saturated heterocycles. The lowest BCUT2D eigenvalue weighted by Crippen LogP contribution is -2.41. The van der Waals surface area contributed by atoms with Crippen molar-refractivity contribution in [3.63, 3.8) is 0 Å². The van der Waals surface area contributed by atoms with Gasteiger partial charge in [-0.05, 0) is 31.2 Å². The van der Waals surface area contributed by atoms with E-state index in [1.807, 2.05) is 0 Å². The van der Waals surface area contributed by atoms with E-state index in [1.54, 1.807) is 36.4 Å². The maximum Gasteiger partial charge on any atom is 0.242 e. The fraction of sp³-hybridized carbons (Fsp3) is 0.133. The molecule has 1 atom stereocenters. The molecule has 0 saturated carbocycles. The zero-order valence-corrected chi connectivity index (χ0v) is 14.4. The minimum absolute atomic E-state index is 0.0791. The molecule has 0 fully saturated rings. The fourth-order valence-electron chi connectivity index (χ4n) is 1.80. The molecule has 0 bridgehead atoms. The molecule has 23 heavy (non-hydrogen) atoms. The fourth-order valence-corrected chi connectivity index (χ4v) is 3.52. The van der Waals surface area contributed by atoms with Gasteiger partial charge in [-0.3, -0.25) is 4.79 Å². The Labute approximate surface area is 144 Å². The van der Waals surface area contributed by atoms with Crippen LogP contribution in [-0.4, -0.2) is 20.4 Å². The van der Waals surface area contributed by atoms with E-state index in [4.69, 9.17) is 23.2 Å². The van der Waals surface area contributed by atoms with E-state index in [-0.39, 0.29) is 20.6 Å². The molecule has 0 aliphatic heterocycles. The van der Waals surface area contributed by atoms with E-state index < -0.39 is 22.0 Å². The van der Waals surface area contributed by atoms with Crippen LogP contribution in [0.3, 0.4) is 0 Å². The largest absolute Gasteiger partial charge is 0.322 e. The van der Waals surface area contributed by atoms with Crippen molar-refractivity contribution in [1.29, 1.82) is 0 Å². The van der Waals surface area contributed by atoms with Gasteiger partial charge in [0.05, 0.1) is 26.7 Å². The van der Waals surface area contributed by atoms with Gasteiger partial charge in [0.15, 0.2) is 0 Å². The molecular formula is C15H14Cl2N2O3S. The zero-order valence-electron chi connectivity index (χ0n) is 12.1. The lowest BCUT2D eigenvalue weighted by Gasteiger charge is -2.15. The van der Waals surface area contributed by atoms with Crippen LogP contribution in [-0.2, 0) is 14.8 Å². The van der Waals surface area contributed by atoms with E-state index >= 15 is 0 Å². The van der Waals surface area contributed by atoms with E-state index in [0.29, 0.717) is 0 Å². The third-order valence-electron chi connectivity index (χ3n) is 2.99. The summed E-state index contributed by atoms with van der Waals surface area (Å²) < 4.78 is 26.7. The summed E-state index contributed by atoms with van der Waals surface area (Å²) in [5.74, 6) is -0.570. The first kappa shape index (κ1) is 17.7. The number of para-hydroxylation sites is 1. The Balaban J connectivity index is 2.12. The van der Waals surface area contributed by atoms with E-state index in [2.05, 4.69) is 10.0 Å². The number of nitrogens with one attached hydrogen (secondary N) is 2. The molecule has 1 unspecified atom stereocenters. The number of halogens is 2. The molecule has 0 spiro atoms. The highest BCUT2D eigenvalue weighted by Gasteiger charge is 2.22. The second kappa shape index (κ2) is 7.31. The van der Waals surface area contributed by atoms with Crippen LogP contribution in [0.5, 0.6) is 0 Å². The summed E-state index contributed by atoms with van der Waals surface area (Å²) in [5, 5.41) is 3.06. The number of anilines is 1. The first-order valence-corrected chi connectivity index (χ1v) is 8.87. The van der Waals surface area contributed by atoms with Crippen molar-refractivity contribution in [2.45, 2.75) is 17.9 Å². The van der Waals surface area contributed by atoms with Gasteiger partial charge in [0.1, 0.15) is 0 Å². The molecule has 0 aliphatic carbocycles. The van der Waals surface area contributed by atoms with Gasteiger partial charge in [0.2, 0.25) is 15.9 Å². The van der Waals surface area contributed by atoms with Crippen molar-refractivity contribution in [1.82, 2.24) is 4.72 Å². The summed E-state index contributed by atoms with van der Waals surface area (Å²) in [7, 11) is -3.79. The average molecular weight is 373 g/mol. The Hall–Kier alpha value is -1.60. The van der Waals surface area contributed by atoms with Gasteiger partial charge >= 0.3 is 0 Å². The van der Waals surface area contributed by atoms with Gasteiger partial charge in [-0.25, -0.2) is 8.42 Å². The van der Waals surface area contributed by atoms with Crippen LogP contribution >= 0.6 is 23.2 Å². The van der Waals surface area contributed by atoms with Gasteiger partial charge in [0.25, 0.3) is 0 Å². The van der Waals surface area contributed by atoms with Crippen molar-refractivity contribution < 1.29 is 13.2 Å². The van der Waals surface area contributed by atoms with Crippen molar-refractivity contribution in [3.8, 4) is 0 Å². The van der Waals surface area contributed by atoms with Crippen molar-refractivity contribution in [3.05, 3.63) is 58.6 Å². The number of hydrogen-bond donors (Lipinski definition) is 2. The minimum Gasteiger partial charge on any atom is -0.322 e. The second-order valence-electron chi connectivity index (χ2n) is 4.74. The predicted molar refractivity (Wildman–Crippen MR) is 91.3 cm³/mol. The van der Waals surface area contributed by atoms with Crippen LogP contribution in [0.25, 0.3) is 0 Å². The lowest BCUT2D eigenvalue weighted by molar-refractivity contribution is -0.117. The van der Waals surface area contributed by atoms with Crippen molar-refractivity contribution >= 4 is 44.8 Å². The maximum absolute atomic E-state index is 12.2. The monoisotopic (exact) mass is 372 g/mol. The van der Waals surface area contributed by atoms with E-state index in [9.17, 15) is 13.2 Å². The molecule has 0 aromatic heterocycles. The third-order valence-corrected chi connectivity index (χ3v) is 5.18. The molecule has 0 heterocycles. The van der Waals surface area contributed by atoms with Crippen LogP contribution in [0, 0.1) is 0 Å². The van der Waals surface area contributed by atoms with Gasteiger partial charge in [-0.15, -0.1) is 0 Å². The van der Waals surface area contributed by atoms with Crippen LogP contribution in [0.2, 0.25) is 10.0 Å². The van der Waals surface area contributed by atoms with Crippen LogP contribution in [0.4, 0.5) is 5.69 Å². The highest BCUT2D eigenvalue weighted by atomic mass is 35.5. The Morgan fingerprint density at radius 2 is 1.57 bits per heavy atom. The normalized spacial score (nSPS) is 12.7. The number of rotatable bonds is 5. The highest BCUT2D eigenvalue weighted by Crippen LogP contribution is 2.29. The Bertz CT molecular complexity index is 790. The first-order chi connectivity index (χ1) is 10.8. The predicted octanol–water partition coefficient (Wildman–Crippen LogP) is 3.30. The van der Waals surface area contributed by atoms with E-state index in [0.717, 1.165) is 0 Å². The average Bonchev–Trinajstić information content (AvgIpc) is 2.51. The van der Waals surface area contributed by atoms with E-state index in [1.165, 1.54) is 19.1 Å². The van der Waals surface area contributed by atoms with Crippen LogP contribution in [0.1, 0.15) is 6.92 Å². The molecule has 2 N–H and O–H groups in total. The zero-order chi connectivity index (χ0) is 17.0. The summed E-state index contributed by atoms with van der Waals surface area (Å²) in [4.78, 5) is 12.2. The summed E-state index contributed by atoms with van der Waals surface area (Å²) in [6, 6.07) is 11.6. The molecule has 0 aliphatic rings. The SMILES string of the molecule is CC(NS(=O)(=O)c1ccccc1)C(=O)Nc1c(Cl)cccc1Cl. The number of carbonyl (C=O) groups is 1.